The van der Waals surface area contributed by atoms with Gasteiger partial charge in [0.25, 0.3) is 0 Å². The van der Waals surface area contributed by atoms with Crippen LogP contribution in [0.25, 0.3) is 0 Å². The van der Waals surface area contributed by atoms with Crippen molar-refractivity contribution in [3.05, 3.63) is 57.5 Å². The SMILES string of the molecule is Nc1cc(Br)c(Cl)c(S(=O)(=O)NCC(=O)NCc2ccccc2)c1. The van der Waals surface area contributed by atoms with Gasteiger partial charge in [0, 0.05) is 16.7 Å². The third-order valence-electron chi connectivity index (χ3n) is 3.06. The Morgan fingerprint density at radius 3 is 2.54 bits per heavy atom. The summed E-state index contributed by atoms with van der Waals surface area (Å²) < 4.78 is 27.1. The normalized spacial score (nSPS) is 11.2. The van der Waals surface area contributed by atoms with Crippen LogP contribution in [0.4, 0.5) is 5.69 Å². The lowest BCUT2D eigenvalue weighted by molar-refractivity contribution is -0.120. The van der Waals surface area contributed by atoms with Crippen molar-refractivity contribution >= 4 is 49.1 Å². The molecule has 128 valence electrons. The molecule has 0 aliphatic rings. The second-order valence-electron chi connectivity index (χ2n) is 4.90. The van der Waals surface area contributed by atoms with Crippen molar-refractivity contribution in [1.29, 1.82) is 0 Å². The number of carbonyl (C=O) groups is 1. The Hall–Kier alpha value is -1.61. The van der Waals surface area contributed by atoms with E-state index in [9.17, 15) is 13.2 Å². The molecular weight excluding hydrogens is 418 g/mol. The first-order chi connectivity index (χ1) is 11.3. The van der Waals surface area contributed by atoms with E-state index < -0.39 is 22.5 Å². The number of rotatable bonds is 6. The van der Waals surface area contributed by atoms with Crippen LogP contribution < -0.4 is 15.8 Å². The first-order valence-electron chi connectivity index (χ1n) is 6.84. The van der Waals surface area contributed by atoms with Crippen molar-refractivity contribution in [2.45, 2.75) is 11.4 Å². The third kappa shape index (κ3) is 4.94. The van der Waals surface area contributed by atoms with Gasteiger partial charge in [0.1, 0.15) is 4.90 Å². The molecule has 0 saturated carbocycles. The van der Waals surface area contributed by atoms with Crippen molar-refractivity contribution in [3.63, 3.8) is 0 Å². The summed E-state index contributed by atoms with van der Waals surface area (Å²) in [6.45, 7) is -0.0933. The van der Waals surface area contributed by atoms with Crippen LogP contribution in [0.1, 0.15) is 5.56 Å². The van der Waals surface area contributed by atoms with E-state index in [0.29, 0.717) is 11.0 Å². The van der Waals surface area contributed by atoms with E-state index in [4.69, 9.17) is 17.3 Å². The van der Waals surface area contributed by atoms with E-state index in [1.165, 1.54) is 12.1 Å². The van der Waals surface area contributed by atoms with Gasteiger partial charge in [0.2, 0.25) is 15.9 Å². The Labute approximate surface area is 153 Å². The van der Waals surface area contributed by atoms with Crippen molar-refractivity contribution in [2.24, 2.45) is 0 Å². The van der Waals surface area contributed by atoms with E-state index in [2.05, 4.69) is 26.0 Å². The van der Waals surface area contributed by atoms with Gasteiger partial charge in [-0.1, -0.05) is 41.9 Å². The average molecular weight is 433 g/mol. The molecule has 9 heteroatoms. The molecule has 0 unspecified atom stereocenters. The van der Waals surface area contributed by atoms with Crippen LogP contribution in [0.15, 0.2) is 51.8 Å². The maximum atomic E-state index is 12.3. The third-order valence-corrected chi connectivity index (χ3v) is 5.86. The molecule has 0 bridgehead atoms. The average Bonchev–Trinajstić information content (AvgIpc) is 2.55. The topological polar surface area (TPSA) is 101 Å². The molecule has 0 aromatic heterocycles. The molecule has 0 spiro atoms. The highest BCUT2D eigenvalue weighted by molar-refractivity contribution is 9.10. The Morgan fingerprint density at radius 1 is 1.21 bits per heavy atom. The van der Waals surface area contributed by atoms with Gasteiger partial charge in [-0.25, -0.2) is 13.1 Å². The number of amides is 1. The largest absolute Gasteiger partial charge is 0.399 e. The Bertz CT molecular complexity index is 845. The Morgan fingerprint density at radius 2 is 1.88 bits per heavy atom. The first-order valence-corrected chi connectivity index (χ1v) is 9.50. The van der Waals surface area contributed by atoms with Crippen molar-refractivity contribution in [3.8, 4) is 0 Å². The fraction of sp³-hybridized carbons (Fsp3) is 0.133. The van der Waals surface area contributed by atoms with Crippen LogP contribution >= 0.6 is 27.5 Å². The molecule has 4 N–H and O–H groups in total. The van der Waals surface area contributed by atoms with Crippen LogP contribution in [0.2, 0.25) is 5.02 Å². The van der Waals surface area contributed by atoms with Crippen LogP contribution in [0, 0.1) is 0 Å². The molecule has 0 radical (unpaired) electrons. The maximum Gasteiger partial charge on any atom is 0.242 e. The number of halogens is 2. The molecule has 0 fully saturated rings. The number of hydrogen-bond donors (Lipinski definition) is 3. The second-order valence-corrected chi connectivity index (χ2v) is 7.87. The fourth-order valence-corrected chi connectivity index (χ4v) is 4.01. The lowest BCUT2D eigenvalue weighted by Gasteiger charge is -2.11. The van der Waals surface area contributed by atoms with E-state index in [1.54, 1.807) is 0 Å². The number of nitrogen functional groups attached to an aromatic ring is 1. The highest BCUT2D eigenvalue weighted by Crippen LogP contribution is 2.31. The summed E-state index contributed by atoms with van der Waals surface area (Å²) in [6, 6.07) is 12.0. The number of nitrogens with two attached hydrogens (primary N) is 1. The van der Waals surface area contributed by atoms with E-state index in [-0.39, 0.29) is 15.6 Å². The summed E-state index contributed by atoms with van der Waals surface area (Å²) in [6.07, 6.45) is 0. The summed E-state index contributed by atoms with van der Waals surface area (Å²) in [5.74, 6) is -0.457. The standard InChI is InChI=1S/C15H15BrClN3O3S/c16-12-6-11(18)7-13(15(12)17)24(22,23)20-9-14(21)19-8-10-4-2-1-3-5-10/h1-7,20H,8-9,18H2,(H,19,21). The highest BCUT2D eigenvalue weighted by atomic mass is 79.9. The molecule has 0 atom stereocenters. The van der Waals surface area contributed by atoms with E-state index >= 15 is 0 Å². The molecule has 2 rings (SSSR count). The molecule has 6 nitrogen and oxygen atoms in total. The first kappa shape index (κ1) is 18.7. The summed E-state index contributed by atoms with van der Waals surface area (Å²) in [4.78, 5) is 11.6. The zero-order chi connectivity index (χ0) is 17.7. The monoisotopic (exact) mass is 431 g/mol. The minimum Gasteiger partial charge on any atom is -0.399 e. The minimum absolute atomic E-state index is 0.00129. The van der Waals surface area contributed by atoms with Crippen molar-refractivity contribution in [2.75, 3.05) is 12.3 Å². The number of sulfonamides is 1. The Balaban J connectivity index is 1.99. The minimum atomic E-state index is -3.97. The van der Waals surface area contributed by atoms with Crippen LogP contribution in [-0.4, -0.2) is 20.9 Å². The lowest BCUT2D eigenvalue weighted by atomic mass is 10.2. The van der Waals surface area contributed by atoms with Crippen molar-refractivity contribution in [1.82, 2.24) is 10.0 Å². The summed E-state index contributed by atoms with van der Waals surface area (Å²) in [5, 5.41) is 2.63. The van der Waals surface area contributed by atoms with Gasteiger partial charge in [-0.3, -0.25) is 4.79 Å². The lowest BCUT2D eigenvalue weighted by Crippen LogP contribution is -2.36. The number of benzene rings is 2. The molecule has 24 heavy (non-hydrogen) atoms. The van der Waals surface area contributed by atoms with Crippen LogP contribution in [0.5, 0.6) is 0 Å². The molecule has 0 heterocycles. The van der Waals surface area contributed by atoms with Gasteiger partial charge in [0.05, 0.1) is 11.6 Å². The summed E-state index contributed by atoms with van der Waals surface area (Å²) >= 11 is 9.12. The molecule has 2 aromatic carbocycles. The molecular formula is C15H15BrClN3O3S. The smallest absolute Gasteiger partial charge is 0.242 e. The quantitative estimate of drug-likeness (QED) is 0.610. The van der Waals surface area contributed by atoms with Gasteiger partial charge >= 0.3 is 0 Å². The highest BCUT2D eigenvalue weighted by Gasteiger charge is 2.21. The number of carbonyl (C=O) groups excluding carboxylic acids is 1. The van der Waals surface area contributed by atoms with Gasteiger partial charge in [-0.2, -0.15) is 0 Å². The predicted octanol–water partition coefficient (Wildman–Crippen LogP) is 2.28. The predicted molar refractivity (Wildman–Crippen MR) is 97.0 cm³/mol. The number of anilines is 1. The van der Waals surface area contributed by atoms with Gasteiger partial charge in [0.15, 0.2) is 0 Å². The van der Waals surface area contributed by atoms with Crippen LogP contribution in [0.3, 0.4) is 0 Å². The molecule has 0 aliphatic heterocycles. The summed E-state index contributed by atoms with van der Waals surface area (Å²) in [7, 11) is -3.97. The second kappa shape index (κ2) is 7.98. The van der Waals surface area contributed by atoms with Crippen molar-refractivity contribution < 1.29 is 13.2 Å². The maximum absolute atomic E-state index is 12.3. The zero-order valence-electron chi connectivity index (χ0n) is 12.4. The zero-order valence-corrected chi connectivity index (χ0v) is 15.6. The van der Waals surface area contributed by atoms with Gasteiger partial charge in [-0.05, 0) is 33.6 Å². The molecule has 2 aromatic rings. The van der Waals surface area contributed by atoms with Gasteiger partial charge in [-0.15, -0.1) is 0 Å². The number of nitrogens with one attached hydrogen (secondary N) is 2. The van der Waals surface area contributed by atoms with E-state index in [1.807, 2.05) is 30.3 Å². The van der Waals surface area contributed by atoms with Crippen LogP contribution in [-0.2, 0) is 21.4 Å². The van der Waals surface area contributed by atoms with Gasteiger partial charge < -0.3 is 11.1 Å². The molecule has 1 amide bonds. The fourth-order valence-electron chi connectivity index (χ4n) is 1.88. The van der Waals surface area contributed by atoms with E-state index in [0.717, 1.165) is 5.56 Å². The summed E-state index contributed by atoms with van der Waals surface area (Å²) in [5.41, 5.74) is 6.78. The Kier molecular flexibility index (Phi) is 6.22. The number of hydrogen-bond acceptors (Lipinski definition) is 4. The molecule has 0 aliphatic carbocycles. The molecule has 0 saturated heterocycles.